The Kier molecular flexibility index (Phi) is 7.03. The molecule has 0 aliphatic rings. The van der Waals surface area contributed by atoms with Crippen LogP contribution in [0.2, 0.25) is 5.02 Å². The molecule has 156 valence electrons. The Labute approximate surface area is 180 Å². The normalized spacial score (nSPS) is 10.9. The Morgan fingerprint density at radius 3 is 2.40 bits per heavy atom. The summed E-state index contributed by atoms with van der Waals surface area (Å²) >= 11 is 6.23. The molecule has 30 heavy (non-hydrogen) atoms. The van der Waals surface area contributed by atoms with Crippen LogP contribution in [-0.4, -0.2) is 39.4 Å². The molecule has 0 amide bonds. The summed E-state index contributed by atoms with van der Waals surface area (Å²) < 4.78 is 0. The summed E-state index contributed by atoms with van der Waals surface area (Å²) in [4.78, 5) is 15.4. The Morgan fingerprint density at radius 2 is 1.73 bits per heavy atom. The van der Waals surface area contributed by atoms with E-state index in [1.54, 1.807) is 30.5 Å². The van der Waals surface area contributed by atoms with Crippen LogP contribution >= 0.6 is 11.6 Å². The molecule has 9 heteroatoms. The lowest BCUT2D eigenvalue weighted by Gasteiger charge is -2.19. The molecule has 0 unspecified atom stereocenters. The lowest BCUT2D eigenvalue weighted by atomic mass is 10.2. The molecule has 0 aliphatic heterocycles. The number of phenols is 1. The number of rotatable bonds is 8. The number of anilines is 4. The largest absolute Gasteiger partial charge is 0.508 e. The molecule has 3 N–H and O–H groups in total. The van der Waals surface area contributed by atoms with Crippen LogP contribution in [0.5, 0.6) is 5.75 Å². The van der Waals surface area contributed by atoms with Gasteiger partial charge in [0.15, 0.2) is 0 Å². The minimum absolute atomic E-state index is 0.202. The molecule has 0 bridgehead atoms. The molecule has 2 aromatic carbocycles. The molecule has 1 aromatic heterocycles. The van der Waals surface area contributed by atoms with E-state index in [1.165, 1.54) is 0 Å². The molecule has 0 spiro atoms. The maximum atomic E-state index is 9.37. The number of benzene rings is 2. The van der Waals surface area contributed by atoms with Gasteiger partial charge in [-0.15, -0.1) is 0 Å². The van der Waals surface area contributed by atoms with Crippen molar-refractivity contribution in [3.8, 4) is 5.75 Å². The van der Waals surface area contributed by atoms with Crippen LogP contribution < -0.4 is 15.6 Å². The lowest BCUT2D eigenvalue weighted by molar-refractivity contribution is 0.475. The Bertz CT molecular complexity index is 1020. The predicted octanol–water partition coefficient (Wildman–Crippen LogP) is 4.57. The van der Waals surface area contributed by atoms with Crippen molar-refractivity contribution in [2.24, 2.45) is 5.10 Å². The maximum Gasteiger partial charge on any atom is 0.250 e. The molecule has 0 radical (unpaired) electrons. The van der Waals surface area contributed by atoms with Gasteiger partial charge in [-0.25, -0.2) is 5.43 Å². The minimum Gasteiger partial charge on any atom is -0.508 e. The second-order valence-electron chi connectivity index (χ2n) is 6.51. The molecule has 3 aromatic rings. The number of aromatic hydroxyl groups is 1. The summed E-state index contributed by atoms with van der Waals surface area (Å²) in [5.74, 6) is 1.43. The summed E-state index contributed by atoms with van der Waals surface area (Å²) in [7, 11) is 0. The Hall–Kier alpha value is -3.39. The van der Waals surface area contributed by atoms with Crippen molar-refractivity contribution in [3.63, 3.8) is 0 Å². The van der Waals surface area contributed by atoms with Crippen molar-refractivity contribution in [1.29, 1.82) is 0 Å². The average Bonchev–Trinajstić information content (AvgIpc) is 2.73. The third-order valence-electron chi connectivity index (χ3n) is 4.37. The van der Waals surface area contributed by atoms with Gasteiger partial charge in [-0.05, 0) is 68.3 Å². The zero-order valence-corrected chi connectivity index (χ0v) is 17.9. The Balaban J connectivity index is 1.85. The minimum atomic E-state index is 0.202. The van der Waals surface area contributed by atoms with E-state index in [4.69, 9.17) is 11.6 Å². The molecule has 8 nitrogen and oxygen atoms in total. The fourth-order valence-electron chi connectivity index (χ4n) is 2.64. The van der Waals surface area contributed by atoms with Gasteiger partial charge in [0.25, 0.3) is 0 Å². The monoisotopic (exact) mass is 425 g/mol. The summed E-state index contributed by atoms with van der Waals surface area (Å²) in [5, 5.41) is 17.4. The summed E-state index contributed by atoms with van der Waals surface area (Å²) in [6.45, 7) is 7.53. The third-order valence-corrected chi connectivity index (χ3v) is 4.78. The summed E-state index contributed by atoms with van der Waals surface area (Å²) in [6.07, 6.45) is 1.62. The first-order valence-electron chi connectivity index (χ1n) is 9.60. The quantitative estimate of drug-likeness (QED) is 0.359. The van der Waals surface area contributed by atoms with Gasteiger partial charge in [0.05, 0.1) is 6.21 Å². The van der Waals surface area contributed by atoms with E-state index in [0.29, 0.717) is 22.9 Å². The van der Waals surface area contributed by atoms with E-state index in [0.717, 1.165) is 29.9 Å². The van der Waals surface area contributed by atoms with Crippen LogP contribution in [0, 0.1) is 6.92 Å². The van der Waals surface area contributed by atoms with Crippen molar-refractivity contribution in [2.75, 3.05) is 28.7 Å². The average molecular weight is 426 g/mol. The number of aryl methyl sites for hydroxylation is 1. The number of aromatic nitrogens is 3. The standard InChI is InChI=1S/C21H24ClN7O/c1-4-29(5-2)21-26-19(24-16-9-6-14(3)18(22)12-16)25-20(27-21)28-23-13-15-7-10-17(30)11-8-15/h6-13,30H,4-5H2,1-3H3,(H2,24,25,26,27,28)/b23-13+. The highest BCUT2D eigenvalue weighted by atomic mass is 35.5. The number of halogens is 1. The summed E-state index contributed by atoms with van der Waals surface area (Å²) in [5.41, 5.74) is 5.45. The molecule has 0 saturated heterocycles. The van der Waals surface area contributed by atoms with E-state index < -0.39 is 0 Å². The number of hydrazone groups is 1. The van der Waals surface area contributed by atoms with Crippen LogP contribution in [0.1, 0.15) is 25.0 Å². The molecule has 0 fully saturated rings. The van der Waals surface area contributed by atoms with E-state index in [1.807, 2.05) is 43.9 Å². The van der Waals surface area contributed by atoms with Gasteiger partial charge in [-0.1, -0.05) is 17.7 Å². The van der Waals surface area contributed by atoms with Gasteiger partial charge in [0, 0.05) is 23.8 Å². The molecule has 0 atom stereocenters. The van der Waals surface area contributed by atoms with Crippen LogP contribution in [0.4, 0.5) is 23.5 Å². The Morgan fingerprint density at radius 1 is 1.03 bits per heavy atom. The molecular weight excluding hydrogens is 402 g/mol. The van der Waals surface area contributed by atoms with Crippen LogP contribution in [-0.2, 0) is 0 Å². The molecule has 1 heterocycles. The zero-order chi connectivity index (χ0) is 21.5. The SMILES string of the molecule is CCN(CC)c1nc(N/N=C/c2ccc(O)cc2)nc(Nc2ccc(C)c(Cl)c2)n1. The first-order chi connectivity index (χ1) is 14.5. The third kappa shape index (κ3) is 5.57. The zero-order valence-electron chi connectivity index (χ0n) is 17.1. The lowest BCUT2D eigenvalue weighted by Crippen LogP contribution is -2.25. The van der Waals surface area contributed by atoms with E-state index in [-0.39, 0.29) is 5.75 Å². The predicted molar refractivity (Wildman–Crippen MR) is 122 cm³/mol. The second-order valence-corrected chi connectivity index (χ2v) is 6.91. The van der Waals surface area contributed by atoms with Crippen LogP contribution in [0.15, 0.2) is 47.6 Å². The maximum absolute atomic E-state index is 9.37. The van der Waals surface area contributed by atoms with Gasteiger partial charge in [0.1, 0.15) is 5.75 Å². The van der Waals surface area contributed by atoms with Crippen molar-refractivity contribution >= 4 is 41.3 Å². The van der Waals surface area contributed by atoms with Gasteiger partial charge in [-0.2, -0.15) is 20.1 Å². The molecule has 0 saturated carbocycles. The van der Waals surface area contributed by atoms with E-state index in [9.17, 15) is 5.11 Å². The van der Waals surface area contributed by atoms with Gasteiger partial charge >= 0.3 is 0 Å². The molecular formula is C21H24ClN7O. The van der Waals surface area contributed by atoms with Crippen molar-refractivity contribution in [1.82, 2.24) is 15.0 Å². The fraction of sp³-hybridized carbons (Fsp3) is 0.238. The number of hydrogen-bond acceptors (Lipinski definition) is 8. The highest BCUT2D eigenvalue weighted by Crippen LogP contribution is 2.23. The first kappa shape index (κ1) is 21.3. The van der Waals surface area contributed by atoms with E-state index in [2.05, 4.69) is 30.8 Å². The van der Waals surface area contributed by atoms with Crippen LogP contribution in [0.25, 0.3) is 0 Å². The first-order valence-corrected chi connectivity index (χ1v) is 9.98. The summed E-state index contributed by atoms with van der Waals surface area (Å²) in [6, 6.07) is 12.4. The highest BCUT2D eigenvalue weighted by molar-refractivity contribution is 6.31. The van der Waals surface area contributed by atoms with Crippen molar-refractivity contribution in [2.45, 2.75) is 20.8 Å². The molecule has 0 aliphatic carbocycles. The number of nitrogens with zero attached hydrogens (tertiary/aromatic N) is 5. The second kappa shape index (κ2) is 9.89. The highest BCUT2D eigenvalue weighted by Gasteiger charge is 2.11. The van der Waals surface area contributed by atoms with Crippen molar-refractivity contribution in [3.05, 3.63) is 58.6 Å². The molecule has 3 rings (SSSR count). The topological polar surface area (TPSA) is 98.6 Å². The van der Waals surface area contributed by atoms with Gasteiger partial charge in [-0.3, -0.25) is 0 Å². The number of hydrogen-bond donors (Lipinski definition) is 3. The van der Waals surface area contributed by atoms with Gasteiger partial charge < -0.3 is 15.3 Å². The van der Waals surface area contributed by atoms with Gasteiger partial charge in [0.2, 0.25) is 17.8 Å². The van der Waals surface area contributed by atoms with Crippen LogP contribution in [0.3, 0.4) is 0 Å². The van der Waals surface area contributed by atoms with Crippen molar-refractivity contribution < 1.29 is 5.11 Å². The van der Waals surface area contributed by atoms with E-state index >= 15 is 0 Å². The fourth-order valence-corrected chi connectivity index (χ4v) is 2.82. The smallest absolute Gasteiger partial charge is 0.250 e. The number of nitrogens with one attached hydrogen (secondary N) is 2. The number of phenolic OH excluding ortho intramolecular Hbond substituents is 1.